The summed E-state index contributed by atoms with van der Waals surface area (Å²) < 4.78 is 7.89. The second-order valence-corrected chi connectivity index (χ2v) is 12.3. The Hall–Kier alpha value is -5.25. The Morgan fingerprint density at radius 2 is 2.04 bits per heavy atom. The van der Waals surface area contributed by atoms with Gasteiger partial charge in [0.05, 0.1) is 54.1 Å². The highest BCUT2D eigenvalue weighted by atomic mass is 35.5. The van der Waals surface area contributed by atoms with Gasteiger partial charge in [-0.1, -0.05) is 29.6 Å². The smallest absolute Gasteiger partial charge is 0.411 e. The predicted molar refractivity (Wildman–Crippen MR) is 183 cm³/mol. The Kier molecular flexibility index (Phi) is 10.2. The Balaban J connectivity index is 1.34. The van der Waals surface area contributed by atoms with Crippen molar-refractivity contribution in [1.29, 1.82) is 0 Å². The highest BCUT2D eigenvalue weighted by molar-refractivity contribution is 6.31. The van der Waals surface area contributed by atoms with Crippen LogP contribution in [0, 0.1) is 0 Å². The number of hydrogen-bond donors (Lipinski definition) is 5. The van der Waals surface area contributed by atoms with E-state index < -0.39 is 18.2 Å². The van der Waals surface area contributed by atoms with Crippen molar-refractivity contribution in [1.82, 2.24) is 45.3 Å². The van der Waals surface area contributed by atoms with E-state index in [1.807, 2.05) is 6.07 Å². The minimum Gasteiger partial charge on any atom is -0.453 e. The first-order valence-electron chi connectivity index (χ1n) is 15.3. The van der Waals surface area contributed by atoms with Crippen LogP contribution in [0.25, 0.3) is 23.0 Å². The van der Waals surface area contributed by atoms with E-state index in [9.17, 15) is 14.7 Å². The molecule has 49 heavy (non-hydrogen) atoms. The summed E-state index contributed by atoms with van der Waals surface area (Å²) >= 11 is 12.9. The van der Waals surface area contributed by atoms with Crippen molar-refractivity contribution in [3.63, 3.8) is 0 Å². The molecule has 0 radical (unpaired) electrons. The number of rotatable bonds is 7. The van der Waals surface area contributed by atoms with Gasteiger partial charge in [-0.25, -0.2) is 9.78 Å². The van der Waals surface area contributed by atoms with Crippen LogP contribution in [0.15, 0.2) is 61.2 Å². The molecule has 4 heterocycles. The number of aliphatic hydroxyl groups is 1. The third kappa shape index (κ3) is 7.74. The second-order valence-electron chi connectivity index (χ2n) is 11.4. The molecule has 5 aromatic rings. The van der Waals surface area contributed by atoms with Crippen molar-refractivity contribution in [3.8, 4) is 16.9 Å². The van der Waals surface area contributed by atoms with E-state index in [1.165, 1.54) is 24.2 Å². The summed E-state index contributed by atoms with van der Waals surface area (Å²) in [6.07, 6.45) is 9.01. The normalized spacial score (nSPS) is 17.8. The average Bonchev–Trinajstić information content (AvgIpc) is 3.86. The summed E-state index contributed by atoms with van der Waals surface area (Å²) in [7, 11) is 3.07. The molecule has 2 aromatic carbocycles. The quantitative estimate of drug-likeness (QED) is 0.146. The lowest BCUT2D eigenvalue weighted by Gasteiger charge is -2.29. The lowest BCUT2D eigenvalue weighted by Crippen LogP contribution is -2.33. The molecular formula is C32H33Cl2N11O4. The zero-order valence-electron chi connectivity index (χ0n) is 26.5. The Morgan fingerprint density at radius 3 is 2.78 bits per heavy atom. The number of aromatic amines is 1. The van der Waals surface area contributed by atoms with Crippen molar-refractivity contribution in [2.75, 3.05) is 24.4 Å². The number of amides is 2. The number of aryl methyl sites for hydroxylation is 1. The van der Waals surface area contributed by atoms with Crippen LogP contribution < -0.4 is 16.0 Å². The largest absolute Gasteiger partial charge is 0.453 e. The molecule has 5 N–H and O–H groups in total. The highest BCUT2D eigenvalue weighted by Gasteiger charge is 2.30. The second kappa shape index (κ2) is 14.9. The number of nitrogens with zero attached hydrogens (tertiary/aromatic N) is 7. The molecule has 3 aromatic heterocycles. The van der Waals surface area contributed by atoms with E-state index in [0.717, 1.165) is 5.56 Å². The van der Waals surface area contributed by atoms with Gasteiger partial charge in [0, 0.05) is 52.8 Å². The van der Waals surface area contributed by atoms with Crippen molar-refractivity contribution in [2.45, 2.75) is 37.3 Å². The first-order valence-corrected chi connectivity index (χ1v) is 16.1. The third-order valence-electron chi connectivity index (χ3n) is 8.18. The number of imidazole rings is 1. The van der Waals surface area contributed by atoms with Gasteiger partial charge in [-0.3, -0.25) is 14.8 Å². The van der Waals surface area contributed by atoms with Gasteiger partial charge in [-0.2, -0.15) is 9.78 Å². The van der Waals surface area contributed by atoms with E-state index in [1.54, 1.807) is 60.5 Å². The molecule has 1 aliphatic heterocycles. The molecule has 0 aliphatic carbocycles. The van der Waals surface area contributed by atoms with Crippen LogP contribution in [0.4, 0.5) is 16.2 Å². The first kappa shape index (κ1) is 33.6. The highest BCUT2D eigenvalue weighted by Crippen LogP contribution is 2.37. The maximum atomic E-state index is 13.4. The summed E-state index contributed by atoms with van der Waals surface area (Å²) in [5.41, 5.74) is 4.41. The monoisotopic (exact) mass is 705 g/mol. The number of anilines is 2. The van der Waals surface area contributed by atoms with Gasteiger partial charge in [0.25, 0.3) is 0 Å². The molecule has 254 valence electrons. The molecule has 3 atom stereocenters. The summed E-state index contributed by atoms with van der Waals surface area (Å²) in [5, 5.41) is 36.9. The van der Waals surface area contributed by atoms with Crippen molar-refractivity contribution in [3.05, 3.63) is 88.3 Å². The molecule has 15 nitrogen and oxygen atoms in total. The van der Waals surface area contributed by atoms with E-state index in [4.69, 9.17) is 27.9 Å². The summed E-state index contributed by atoms with van der Waals surface area (Å²) in [5.74, 6) is -0.104. The third-order valence-corrected chi connectivity index (χ3v) is 8.70. The summed E-state index contributed by atoms with van der Waals surface area (Å²) in [4.78, 5) is 33.4. The lowest BCUT2D eigenvalue weighted by molar-refractivity contribution is -0.117. The van der Waals surface area contributed by atoms with Crippen LogP contribution in [0.5, 0.6) is 0 Å². The molecule has 2 bridgehead atoms. The maximum absolute atomic E-state index is 13.4. The summed E-state index contributed by atoms with van der Waals surface area (Å²) in [6.45, 7) is -0.235. The average molecular weight is 707 g/mol. The number of fused-ring (bicyclic) bond motifs is 4. The minimum absolute atomic E-state index is 0.235. The Labute approximate surface area is 290 Å². The standard InChI is InChI=1S/C32H33Cl2N11O4/c1-44-15-23(34)30(41-44)22-4-3-5-24(39-29(47)11-6-18-12-19(33)7-10-28(18)45-17-36-42-43-45)31-35-14-26(40-31)21-9-8-20(37-32(48)49-2)13-25(21)38-27(22)16-46/h6-15,17,22,24,27,38,46H,3-5,16H2,1-2H3,(H,35,40)(H,37,48)(H,39,47)/b11-6+/t22-,24+,27+/m1/s1. The van der Waals surface area contributed by atoms with Gasteiger partial charge < -0.3 is 25.5 Å². The molecule has 0 unspecified atom stereocenters. The minimum atomic E-state index is -0.622. The number of halogens is 2. The van der Waals surface area contributed by atoms with Crippen LogP contribution >= 0.6 is 23.2 Å². The molecule has 1 aliphatic rings. The summed E-state index contributed by atoms with van der Waals surface area (Å²) in [6, 6.07) is 9.49. The van der Waals surface area contributed by atoms with Crippen molar-refractivity contribution >= 4 is 52.7 Å². The molecule has 0 spiro atoms. The van der Waals surface area contributed by atoms with Gasteiger partial charge >= 0.3 is 6.09 Å². The predicted octanol–water partition coefficient (Wildman–Crippen LogP) is 4.88. The topological polar surface area (TPSA) is 190 Å². The zero-order chi connectivity index (χ0) is 34.5. The van der Waals surface area contributed by atoms with Crippen LogP contribution in [0.3, 0.4) is 0 Å². The van der Waals surface area contributed by atoms with Crippen LogP contribution in [-0.4, -0.2) is 76.8 Å². The van der Waals surface area contributed by atoms with Crippen LogP contribution in [-0.2, 0) is 16.6 Å². The number of H-pyrrole nitrogens is 1. The van der Waals surface area contributed by atoms with Gasteiger partial charge in [0.1, 0.15) is 12.2 Å². The number of tetrazole rings is 1. The Morgan fingerprint density at radius 1 is 1.18 bits per heavy atom. The van der Waals surface area contributed by atoms with E-state index in [2.05, 4.69) is 46.5 Å². The molecule has 6 rings (SSSR count). The zero-order valence-corrected chi connectivity index (χ0v) is 28.0. The van der Waals surface area contributed by atoms with Gasteiger partial charge in [-0.15, -0.1) is 5.10 Å². The van der Waals surface area contributed by atoms with Gasteiger partial charge in [0.15, 0.2) is 0 Å². The van der Waals surface area contributed by atoms with Crippen LogP contribution in [0.1, 0.15) is 48.3 Å². The Bertz CT molecular complexity index is 1970. The fourth-order valence-corrected chi connectivity index (χ4v) is 6.37. The van der Waals surface area contributed by atoms with Crippen LogP contribution in [0.2, 0.25) is 10.0 Å². The number of ether oxygens (including phenoxy) is 1. The number of aliphatic hydroxyl groups excluding tert-OH is 1. The number of benzene rings is 2. The molecule has 0 fully saturated rings. The molecular weight excluding hydrogens is 673 g/mol. The molecule has 0 saturated carbocycles. The first-order chi connectivity index (χ1) is 23.7. The number of carbonyl (C=O) groups excluding carboxylic acids is 2. The SMILES string of the molecule is COC(=O)Nc1ccc2c(c1)N[C@@H](CO)[C@H](c1nn(C)cc1Cl)CCC[C@H](NC(=O)/C=C/c1cc(Cl)ccc1-n1cnnn1)c1ncc-2[nH]1. The molecule has 2 amide bonds. The number of methoxy groups -OCH3 is 1. The van der Waals surface area contributed by atoms with Crippen molar-refractivity contribution < 1.29 is 19.4 Å². The number of hydrogen-bond acceptors (Lipinski definition) is 10. The number of carbonyl (C=O) groups is 2. The number of aromatic nitrogens is 8. The van der Waals surface area contributed by atoms with E-state index >= 15 is 0 Å². The lowest BCUT2D eigenvalue weighted by atomic mass is 9.89. The maximum Gasteiger partial charge on any atom is 0.411 e. The number of nitrogens with one attached hydrogen (secondary N) is 4. The fourth-order valence-electron chi connectivity index (χ4n) is 5.87. The van der Waals surface area contributed by atoms with Gasteiger partial charge in [0.2, 0.25) is 5.91 Å². The molecule has 17 heteroatoms. The van der Waals surface area contributed by atoms with Gasteiger partial charge in [-0.05, 0) is 65.7 Å². The fraction of sp³-hybridized carbons (Fsp3) is 0.281. The van der Waals surface area contributed by atoms with E-state index in [-0.39, 0.29) is 18.4 Å². The molecule has 0 saturated heterocycles. The van der Waals surface area contributed by atoms with E-state index in [0.29, 0.717) is 69.1 Å². The van der Waals surface area contributed by atoms with Crippen molar-refractivity contribution in [2.24, 2.45) is 7.05 Å².